The lowest BCUT2D eigenvalue weighted by molar-refractivity contribution is 0.0551. The molecule has 0 unspecified atom stereocenters. The van der Waals surface area contributed by atoms with Crippen LogP contribution in [-0.4, -0.2) is 61.6 Å². The van der Waals surface area contributed by atoms with Crippen LogP contribution in [-0.2, 0) is 0 Å². The maximum atomic E-state index is 13.4. The molecule has 0 spiro atoms. The Morgan fingerprint density at radius 1 is 0.906 bits per heavy atom. The Kier molecular flexibility index (Phi) is 5.39. The lowest BCUT2D eigenvalue weighted by atomic mass is 10.0. The topological polar surface area (TPSA) is 78.7 Å². The highest BCUT2D eigenvalue weighted by Crippen LogP contribution is 2.33. The lowest BCUT2D eigenvalue weighted by Crippen LogP contribution is -2.49. The van der Waals surface area contributed by atoms with Gasteiger partial charge in [0.1, 0.15) is 0 Å². The summed E-state index contributed by atoms with van der Waals surface area (Å²) in [6, 6.07) is 18.1. The van der Waals surface area contributed by atoms with Crippen molar-refractivity contribution in [3.05, 3.63) is 72.7 Å². The Hall–Kier alpha value is -3.61. The molecule has 0 radical (unpaired) electrons. The number of carbonyl (C=O) groups is 2. The van der Waals surface area contributed by atoms with Gasteiger partial charge in [-0.05, 0) is 49.9 Å². The molecular weight excluding hydrogens is 404 g/mol. The van der Waals surface area contributed by atoms with Crippen molar-refractivity contribution in [2.75, 3.05) is 13.1 Å². The molecule has 2 aromatic carbocycles. The van der Waals surface area contributed by atoms with Crippen molar-refractivity contribution in [1.82, 2.24) is 19.4 Å². The molecule has 1 N–H and O–H groups in total. The molecule has 5 rings (SSSR count). The molecule has 2 fully saturated rings. The lowest BCUT2D eigenvalue weighted by Gasteiger charge is -2.38. The van der Waals surface area contributed by atoms with Crippen LogP contribution in [0.25, 0.3) is 16.9 Å². The van der Waals surface area contributed by atoms with Crippen LogP contribution in [0, 0.1) is 0 Å². The van der Waals surface area contributed by atoms with Gasteiger partial charge in [-0.2, -0.15) is 0 Å². The number of hydrogen-bond donors (Lipinski definition) is 1. The number of nitrogens with zero attached hydrogens (tertiary/aromatic N) is 4. The first-order valence-electron chi connectivity index (χ1n) is 11.1. The highest BCUT2D eigenvalue weighted by molar-refractivity contribution is 5.95. The first-order valence-corrected chi connectivity index (χ1v) is 11.1. The number of carboxylic acid groups (broad SMARTS) is 1. The smallest absolute Gasteiger partial charge is 0.407 e. The van der Waals surface area contributed by atoms with Crippen molar-refractivity contribution in [3.8, 4) is 16.9 Å². The molecule has 164 valence electrons. The zero-order valence-corrected chi connectivity index (χ0v) is 17.8. The van der Waals surface area contributed by atoms with Gasteiger partial charge in [0.15, 0.2) is 0 Å². The SMILES string of the molecule is O=C(O)N1CCC(N(C(=O)c2ccc(-n3cnc(-c4ccccc4)c3)cc2)C2CC2)CC1. The van der Waals surface area contributed by atoms with Gasteiger partial charge < -0.3 is 19.5 Å². The molecule has 7 nitrogen and oxygen atoms in total. The van der Waals surface area contributed by atoms with Crippen molar-refractivity contribution in [3.63, 3.8) is 0 Å². The first kappa shape index (κ1) is 20.3. The van der Waals surface area contributed by atoms with Crippen molar-refractivity contribution in [2.45, 2.75) is 37.8 Å². The van der Waals surface area contributed by atoms with Crippen LogP contribution in [0.15, 0.2) is 67.1 Å². The minimum atomic E-state index is -0.877. The van der Waals surface area contributed by atoms with Crippen molar-refractivity contribution < 1.29 is 14.7 Å². The van der Waals surface area contributed by atoms with Crippen LogP contribution < -0.4 is 0 Å². The summed E-state index contributed by atoms with van der Waals surface area (Å²) in [7, 11) is 0. The maximum Gasteiger partial charge on any atom is 0.407 e. The van der Waals surface area contributed by atoms with E-state index < -0.39 is 6.09 Å². The van der Waals surface area contributed by atoms with Crippen LogP contribution in [0.1, 0.15) is 36.0 Å². The van der Waals surface area contributed by atoms with E-state index in [9.17, 15) is 14.7 Å². The third-order valence-electron chi connectivity index (χ3n) is 6.37. The second-order valence-electron chi connectivity index (χ2n) is 8.52. The molecule has 1 aromatic heterocycles. The summed E-state index contributed by atoms with van der Waals surface area (Å²) in [6.45, 7) is 0.972. The number of piperidine rings is 1. The number of likely N-dealkylation sites (tertiary alicyclic amines) is 1. The van der Waals surface area contributed by atoms with E-state index in [4.69, 9.17) is 0 Å². The van der Waals surface area contributed by atoms with Crippen molar-refractivity contribution in [2.24, 2.45) is 0 Å². The van der Waals surface area contributed by atoms with E-state index in [0.29, 0.717) is 31.5 Å². The summed E-state index contributed by atoms with van der Waals surface area (Å²) in [6.07, 6.45) is 6.34. The Morgan fingerprint density at radius 2 is 1.56 bits per heavy atom. The quantitative estimate of drug-likeness (QED) is 0.655. The van der Waals surface area contributed by atoms with E-state index in [1.807, 2.05) is 70.3 Å². The third-order valence-corrected chi connectivity index (χ3v) is 6.37. The van der Waals surface area contributed by atoms with E-state index in [-0.39, 0.29) is 18.0 Å². The second-order valence-corrected chi connectivity index (χ2v) is 8.52. The number of carbonyl (C=O) groups excluding carboxylic acids is 1. The summed E-state index contributed by atoms with van der Waals surface area (Å²) in [5.41, 5.74) is 3.58. The minimum absolute atomic E-state index is 0.0448. The Balaban J connectivity index is 1.30. The van der Waals surface area contributed by atoms with E-state index in [2.05, 4.69) is 4.98 Å². The molecule has 3 aromatic rings. The van der Waals surface area contributed by atoms with Gasteiger partial charge in [-0.25, -0.2) is 9.78 Å². The van der Waals surface area contributed by atoms with Gasteiger partial charge in [0.2, 0.25) is 0 Å². The fourth-order valence-electron chi connectivity index (χ4n) is 4.47. The molecular formula is C25H26N4O3. The monoisotopic (exact) mass is 430 g/mol. The summed E-state index contributed by atoms with van der Waals surface area (Å²) in [5, 5.41) is 9.20. The number of imidazole rings is 1. The largest absolute Gasteiger partial charge is 0.465 e. The van der Waals surface area contributed by atoms with Crippen molar-refractivity contribution >= 4 is 12.0 Å². The molecule has 1 aliphatic carbocycles. The molecule has 7 heteroatoms. The first-order chi connectivity index (χ1) is 15.6. The summed E-state index contributed by atoms with van der Waals surface area (Å²) < 4.78 is 1.96. The zero-order chi connectivity index (χ0) is 22.1. The number of rotatable bonds is 5. The standard InChI is InChI=1S/C25H26N4O3/c30-24(29(21-10-11-21)22-12-14-27(15-13-22)25(31)32)19-6-8-20(9-7-19)28-16-23(26-17-28)18-4-2-1-3-5-18/h1-9,16-17,21-22H,10-15H2,(H,31,32). The molecule has 1 aliphatic heterocycles. The number of hydrogen-bond acceptors (Lipinski definition) is 3. The van der Waals surface area contributed by atoms with Gasteiger partial charge >= 0.3 is 6.09 Å². The predicted octanol–water partition coefficient (Wildman–Crippen LogP) is 4.29. The van der Waals surface area contributed by atoms with Crippen LogP contribution in [0.5, 0.6) is 0 Å². The van der Waals surface area contributed by atoms with Gasteiger partial charge in [0, 0.05) is 48.2 Å². The summed E-state index contributed by atoms with van der Waals surface area (Å²) >= 11 is 0. The normalized spacial score (nSPS) is 16.7. The fraction of sp³-hybridized carbons (Fsp3) is 0.320. The second kappa shape index (κ2) is 8.49. The Morgan fingerprint density at radius 3 is 2.19 bits per heavy atom. The molecule has 1 saturated carbocycles. The molecule has 2 amide bonds. The number of amides is 2. The molecule has 2 heterocycles. The molecule has 32 heavy (non-hydrogen) atoms. The number of aromatic nitrogens is 2. The third kappa shape index (κ3) is 4.10. The summed E-state index contributed by atoms with van der Waals surface area (Å²) in [4.78, 5) is 32.5. The molecule has 0 atom stereocenters. The predicted molar refractivity (Wildman–Crippen MR) is 121 cm³/mol. The zero-order valence-electron chi connectivity index (χ0n) is 17.8. The van der Waals surface area contributed by atoms with Gasteiger partial charge in [0.05, 0.1) is 12.0 Å². The van der Waals surface area contributed by atoms with E-state index >= 15 is 0 Å². The fourth-order valence-corrected chi connectivity index (χ4v) is 4.47. The van der Waals surface area contributed by atoms with E-state index in [1.165, 1.54) is 4.90 Å². The van der Waals surface area contributed by atoms with Crippen molar-refractivity contribution in [1.29, 1.82) is 0 Å². The van der Waals surface area contributed by atoms with Crippen LogP contribution >= 0.6 is 0 Å². The Labute approximate surface area is 186 Å². The van der Waals surface area contributed by atoms with Crippen LogP contribution in [0.2, 0.25) is 0 Å². The molecule has 2 aliphatic rings. The van der Waals surface area contributed by atoms with Crippen LogP contribution in [0.4, 0.5) is 4.79 Å². The summed E-state index contributed by atoms with van der Waals surface area (Å²) in [5.74, 6) is 0.0448. The van der Waals surface area contributed by atoms with Gasteiger partial charge in [-0.15, -0.1) is 0 Å². The number of benzene rings is 2. The molecule has 1 saturated heterocycles. The van der Waals surface area contributed by atoms with Gasteiger partial charge in [0.25, 0.3) is 5.91 Å². The Bertz CT molecular complexity index is 1100. The highest BCUT2D eigenvalue weighted by Gasteiger charge is 2.39. The van der Waals surface area contributed by atoms with E-state index in [0.717, 1.165) is 29.8 Å². The van der Waals surface area contributed by atoms with E-state index in [1.54, 1.807) is 6.33 Å². The van der Waals surface area contributed by atoms with Crippen LogP contribution in [0.3, 0.4) is 0 Å². The maximum absolute atomic E-state index is 13.4. The minimum Gasteiger partial charge on any atom is -0.465 e. The average Bonchev–Trinajstić information content (AvgIpc) is 3.54. The van der Waals surface area contributed by atoms with Gasteiger partial charge in [-0.1, -0.05) is 30.3 Å². The average molecular weight is 431 g/mol. The van der Waals surface area contributed by atoms with Gasteiger partial charge in [-0.3, -0.25) is 4.79 Å². The highest BCUT2D eigenvalue weighted by atomic mass is 16.4. The molecule has 0 bridgehead atoms.